The predicted octanol–water partition coefficient (Wildman–Crippen LogP) is 8.66. The van der Waals surface area contributed by atoms with E-state index in [1.54, 1.807) is 0 Å². The Morgan fingerprint density at radius 3 is 1.87 bits per heavy atom. The van der Waals surface area contributed by atoms with E-state index >= 15 is 0 Å². The first-order valence-corrected chi connectivity index (χ1v) is 27.6. The molecule has 5 heteroatoms. The Kier molecular flexibility index (Phi) is 5.20. The van der Waals surface area contributed by atoms with Crippen LogP contribution in [-0.4, -0.2) is 5.92 Å². The molecule has 0 bridgehead atoms. The average Bonchev–Trinajstić information content (AvgIpc) is 3.24. The Morgan fingerprint density at radius 2 is 1.30 bits per heavy atom. The number of rotatable bonds is 3. The number of halogens is 3. The molecule has 0 radical (unpaired) electrons. The molecule has 2 aliphatic carbocycles. The molecule has 30 heavy (non-hydrogen) atoms. The zero-order valence-corrected chi connectivity index (χ0v) is 24.0. The van der Waals surface area contributed by atoms with Gasteiger partial charge >= 0.3 is 198 Å². The van der Waals surface area contributed by atoms with E-state index < -0.39 is 21.5 Å². The fraction of sp³-hybridized carbons (Fsp3) is 0.200. The minimum absolute atomic E-state index is 0.132. The van der Waals surface area contributed by atoms with Crippen LogP contribution in [0.4, 0.5) is 0 Å². The van der Waals surface area contributed by atoms with Crippen molar-refractivity contribution >= 4 is 45.0 Å². The maximum absolute atomic E-state index is 8.15. The fourth-order valence-corrected chi connectivity index (χ4v) is 37.8. The van der Waals surface area contributed by atoms with E-state index in [1.165, 1.54) is 39.0 Å². The molecule has 3 aromatic carbocycles. The topological polar surface area (TPSA) is 0 Å². The molecule has 153 valence electrons. The van der Waals surface area contributed by atoms with Crippen molar-refractivity contribution in [2.75, 3.05) is 0 Å². The van der Waals surface area contributed by atoms with E-state index in [0.717, 1.165) is 4.47 Å². The first-order valence-electron chi connectivity index (χ1n) is 10.5. The zero-order chi connectivity index (χ0) is 21.3. The molecule has 0 saturated carbocycles. The van der Waals surface area contributed by atoms with Gasteiger partial charge in [0.25, 0.3) is 0 Å². The van der Waals surface area contributed by atoms with Crippen molar-refractivity contribution in [3.8, 4) is 11.1 Å². The Bertz CT molecular complexity index is 1170. The summed E-state index contributed by atoms with van der Waals surface area (Å²) >= 11 is -0.751. The van der Waals surface area contributed by atoms with Crippen molar-refractivity contribution in [3.63, 3.8) is 0 Å². The number of benzene rings is 3. The quantitative estimate of drug-likeness (QED) is 0.266. The molecular formula is C25H24BrCl2SiZr. The van der Waals surface area contributed by atoms with Gasteiger partial charge in [-0.15, -0.1) is 0 Å². The van der Waals surface area contributed by atoms with Gasteiger partial charge in [0.1, 0.15) is 0 Å². The summed E-state index contributed by atoms with van der Waals surface area (Å²) in [5.41, 5.74) is 9.21. The Morgan fingerprint density at radius 1 is 0.767 bits per heavy atom. The van der Waals surface area contributed by atoms with Crippen LogP contribution < -0.4 is 0 Å². The molecular weight excluding hydrogens is 570 g/mol. The van der Waals surface area contributed by atoms with Crippen LogP contribution in [0, 0.1) is 0 Å². The Balaban J connectivity index is 1.84. The Hall–Kier alpha value is -0.440. The van der Waals surface area contributed by atoms with E-state index in [0.29, 0.717) is 0 Å². The van der Waals surface area contributed by atoms with E-state index in [-0.39, 0.29) is 7.25 Å². The summed E-state index contributed by atoms with van der Waals surface area (Å²) in [6, 6.07) is 24.1. The standard InChI is InChI=1S/C13H9.C10H8Br.C2H7Si.2ClH.Zr/c1-3-7-12-10(5-1)9-11-6-2-4-8-13(11)12;1-7-5-8-3-2-4-10(11)9(8)6-7;1-3-2;;;/h1-9H;2-6H,1H3;3H,1-2H3;2*1H;/q;;;;;+2/p-2. The number of hydrogen-bond acceptors (Lipinski definition) is 0. The van der Waals surface area contributed by atoms with Gasteiger partial charge in [0, 0.05) is 0 Å². The van der Waals surface area contributed by atoms with Crippen molar-refractivity contribution < 1.29 is 15.6 Å². The maximum atomic E-state index is 8.15. The van der Waals surface area contributed by atoms with Gasteiger partial charge in [-0.1, -0.05) is 0 Å². The van der Waals surface area contributed by atoms with E-state index in [9.17, 15) is 0 Å². The first kappa shape index (κ1) is 21.4. The Labute approximate surface area is 196 Å². The summed E-state index contributed by atoms with van der Waals surface area (Å²) in [4.78, 5) is 0. The van der Waals surface area contributed by atoms with Crippen LogP contribution in [0.1, 0.15) is 36.4 Å². The van der Waals surface area contributed by atoms with Crippen molar-refractivity contribution in [1.82, 2.24) is 0 Å². The van der Waals surface area contributed by atoms with E-state index in [4.69, 9.17) is 17.0 Å². The second-order valence-corrected chi connectivity index (χ2v) is 52.4. The van der Waals surface area contributed by atoms with Crippen LogP contribution in [-0.2, 0) is 15.6 Å². The molecule has 1 atom stereocenters. The molecule has 0 aromatic heterocycles. The number of hydrogen-bond donors (Lipinski definition) is 0. The predicted molar refractivity (Wildman–Crippen MR) is 135 cm³/mol. The minimum atomic E-state index is -4.51. The third-order valence-electron chi connectivity index (χ3n) is 7.26. The molecule has 0 saturated heterocycles. The average molecular weight is 595 g/mol. The van der Waals surface area contributed by atoms with Gasteiger partial charge in [-0.2, -0.15) is 0 Å². The van der Waals surface area contributed by atoms with E-state index in [1.807, 2.05) is 0 Å². The van der Waals surface area contributed by atoms with Crippen molar-refractivity contribution in [2.24, 2.45) is 0 Å². The second-order valence-electron chi connectivity index (χ2n) is 9.05. The summed E-state index contributed by atoms with van der Waals surface area (Å²) in [7, 11) is 16.3. The van der Waals surface area contributed by atoms with Crippen molar-refractivity contribution in [2.45, 2.75) is 27.3 Å². The fourth-order valence-electron chi connectivity index (χ4n) is 5.83. The van der Waals surface area contributed by atoms with Gasteiger partial charge in [-0.3, -0.25) is 0 Å². The molecule has 0 N–H and O–H groups in total. The molecule has 0 fully saturated rings. The molecule has 1 unspecified atom stereocenters. The first-order chi connectivity index (χ1) is 14.2. The normalized spacial score (nSPS) is 19.1. The van der Waals surface area contributed by atoms with Crippen molar-refractivity contribution in [3.05, 3.63) is 99.0 Å². The van der Waals surface area contributed by atoms with Gasteiger partial charge in [0.05, 0.1) is 0 Å². The SMILES string of the molecule is CC1=Cc2c(Br)cccc2[CH]1[Zr]([Cl])([Cl])([CH]1c2ccccc2-c2ccccc21)[SiH](C)C. The second kappa shape index (κ2) is 7.29. The summed E-state index contributed by atoms with van der Waals surface area (Å²) in [6.07, 6.45) is 2.31. The summed E-state index contributed by atoms with van der Waals surface area (Å²) in [6.45, 7) is 7.01. The van der Waals surface area contributed by atoms with Crippen LogP contribution in [0.15, 0.2) is 76.8 Å². The monoisotopic (exact) mass is 591 g/mol. The summed E-state index contributed by atoms with van der Waals surface area (Å²) in [5.74, 6) is -1.47. The molecule has 0 amide bonds. The molecule has 0 nitrogen and oxygen atoms in total. The van der Waals surface area contributed by atoms with Crippen LogP contribution in [0.5, 0.6) is 0 Å². The molecule has 0 aliphatic heterocycles. The molecule has 0 spiro atoms. The third-order valence-corrected chi connectivity index (χ3v) is 59.9. The van der Waals surface area contributed by atoms with E-state index in [2.05, 4.69) is 109 Å². The van der Waals surface area contributed by atoms with Gasteiger partial charge < -0.3 is 0 Å². The van der Waals surface area contributed by atoms with Crippen LogP contribution in [0.25, 0.3) is 17.2 Å². The molecule has 5 rings (SSSR count). The van der Waals surface area contributed by atoms with Crippen LogP contribution >= 0.6 is 33.0 Å². The van der Waals surface area contributed by atoms with Crippen LogP contribution in [0.2, 0.25) is 13.1 Å². The van der Waals surface area contributed by atoms with Gasteiger partial charge in [-0.25, -0.2) is 0 Å². The van der Waals surface area contributed by atoms with Gasteiger partial charge in [-0.05, 0) is 0 Å². The van der Waals surface area contributed by atoms with Gasteiger partial charge in [0.2, 0.25) is 0 Å². The van der Waals surface area contributed by atoms with Crippen molar-refractivity contribution in [1.29, 1.82) is 0 Å². The number of allylic oxidation sites excluding steroid dienone is 1. The molecule has 3 aromatic rings. The van der Waals surface area contributed by atoms with Crippen LogP contribution in [0.3, 0.4) is 0 Å². The summed E-state index contributed by atoms with van der Waals surface area (Å²) < 4.78 is 1.41. The zero-order valence-electron chi connectivity index (χ0n) is 17.3. The summed E-state index contributed by atoms with van der Waals surface area (Å²) in [5, 5.41) is 0. The molecule has 0 heterocycles. The molecule has 2 aliphatic rings. The number of fused-ring (bicyclic) bond motifs is 4. The third kappa shape index (κ3) is 2.78. The van der Waals surface area contributed by atoms with Gasteiger partial charge in [0.15, 0.2) is 0 Å².